The summed E-state index contributed by atoms with van der Waals surface area (Å²) < 4.78 is 27.4. The Bertz CT molecular complexity index is 563. The molecule has 1 aromatic rings. The molecule has 0 aliphatic rings. The first-order chi connectivity index (χ1) is 8.89. The van der Waals surface area contributed by atoms with E-state index in [1.165, 1.54) is 24.5 Å². The van der Waals surface area contributed by atoms with Crippen molar-refractivity contribution in [3.05, 3.63) is 23.1 Å². The summed E-state index contributed by atoms with van der Waals surface area (Å²) in [5.41, 5.74) is 0. The molecule has 0 atom stereocenters. The quantitative estimate of drug-likeness (QED) is 0.641. The second-order valence-corrected chi connectivity index (χ2v) is 7.58. The van der Waals surface area contributed by atoms with Crippen LogP contribution in [0.4, 0.5) is 0 Å². The number of nitrogens with one attached hydrogen (secondary N) is 1. The lowest BCUT2D eigenvalue weighted by molar-refractivity contribution is -0.114. The molecule has 1 heterocycles. The molecule has 0 saturated carbocycles. The third kappa shape index (κ3) is 4.98. The number of hydrogen-bond donors (Lipinski definition) is 1. The van der Waals surface area contributed by atoms with Crippen molar-refractivity contribution in [1.82, 2.24) is 9.03 Å². The zero-order chi connectivity index (χ0) is 14.5. The van der Waals surface area contributed by atoms with E-state index >= 15 is 0 Å². The van der Waals surface area contributed by atoms with Gasteiger partial charge >= 0.3 is 10.2 Å². The van der Waals surface area contributed by atoms with Crippen molar-refractivity contribution in [3.63, 3.8) is 0 Å². The van der Waals surface area contributed by atoms with Crippen molar-refractivity contribution < 1.29 is 13.2 Å². The monoisotopic (exact) mass is 320 g/mol. The van der Waals surface area contributed by atoms with Crippen LogP contribution in [0.15, 0.2) is 22.4 Å². The van der Waals surface area contributed by atoms with Gasteiger partial charge < -0.3 is 0 Å². The smallest absolute Gasteiger partial charge is 0.269 e. The number of carbonyl (C=O) groups excluding carboxylic acids is 1. The maximum absolute atomic E-state index is 11.6. The molecular weight excluding hydrogens is 304 g/mol. The Labute approximate surface area is 121 Å². The molecule has 1 N–H and O–H groups in total. The van der Waals surface area contributed by atoms with Crippen LogP contribution >= 0.6 is 23.1 Å². The van der Waals surface area contributed by atoms with Crippen LogP contribution in [-0.2, 0) is 15.0 Å². The Hall–Kier alpha value is -0.830. The van der Waals surface area contributed by atoms with Crippen molar-refractivity contribution in [2.24, 2.45) is 0 Å². The second-order valence-electron chi connectivity index (χ2n) is 3.58. The van der Waals surface area contributed by atoms with Gasteiger partial charge in [-0.25, -0.2) is 4.72 Å². The number of hydrogen-bond acceptors (Lipinski definition) is 5. The van der Waals surface area contributed by atoms with Crippen LogP contribution in [0.5, 0.6) is 0 Å². The van der Waals surface area contributed by atoms with Crippen LogP contribution < -0.4 is 4.72 Å². The van der Waals surface area contributed by atoms with Gasteiger partial charge in [-0.1, -0.05) is 6.92 Å². The van der Waals surface area contributed by atoms with Gasteiger partial charge in [0.1, 0.15) is 0 Å². The summed E-state index contributed by atoms with van der Waals surface area (Å²) in [4.78, 5) is 12.4. The fourth-order valence-electron chi connectivity index (χ4n) is 1.10. The van der Waals surface area contributed by atoms with E-state index in [4.69, 9.17) is 0 Å². The van der Waals surface area contributed by atoms with E-state index < -0.39 is 16.1 Å². The molecule has 5 nitrogen and oxygen atoms in total. The van der Waals surface area contributed by atoms with Gasteiger partial charge in [-0.05, 0) is 24.5 Å². The lowest BCUT2D eigenvalue weighted by Gasteiger charge is -2.14. The van der Waals surface area contributed by atoms with Gasteiger partial charge in [0, 0.05) is 24.5 Å². The Morgan fingerprint density at radius 2 is 2.21 bits per heavy atom. The molecule has 1 rings (SSSR count). The van der Waals surface area contributed by atoms with E-state index in [1.54, 1.807) is 24.8 Å². The van der Waals surface area contributed by atoms with E-state index in [1.807, 2.05) is 23.1 Å². The summed E-state index contributed by atoms with van der Waals surface area (Å²) in [5, 5.41) is 0. The summed E-state index contributed by atoms with van der Waals surface area (Å²) in [5.74, 6) is -0.653. The highest BCUT2D eigenvalue weighted by Crippen LogP contribution is 2.25. The van der Waals surface area contributed by atoms with Crippen molar-refractivity contribution >= 4 is 45.3 Å². The highest BCUT2D eigenvalue weighted by atomic mass is 32.2. The largest absolute Gasteiger partial charge is 0.303 e. The molecule has 106 valence electrons. The molecule has 0 unspecified atom stereocenters. The first kappa shape index (κ1) is 16.2. The number of carbonyl (C=O) groups is 1. The predicted molar refractivity (Wildman–Crippen MR) is 80.5 cm³/mol. The standard InChI is InChI=1S/C11H16N2O3S3/c1-4-13(2)19(15,16)12-10(14)7-5-9-6-8-11(17-3)18-9/h5-8H,4H2,1-3H3,(H,12,14)/b7-5+. The molecule has 0 spiro atoms. The Morgan fingerprint density at radius 3 is 2.74 bits per heavy atom. The zero-order valence-corrected chi connectivity index (χ0v) is 13.4. The summed E-state index contributed by atoms with van der Waals surface area (Å²) >= 11 is 3.16. The third-order valence-corrected chi connectivity index (χ3v) is 5.96. The van der Waals surface area contributed by atoms with E-state index in [2.05, 4.69) is 0 Å². The number of rotatable bonds is 6. The molecular formula is C11H16N2O3S3. The molecule has 1 aromatic heterocycles. The van der Waals surface area contributed by atoms with Crippen molar-refractivity contribution in [2.75, 3.05) is 19.8 Å². The molecule has 1 amide bonds. The minimum Gasteiger partial charge on any atom is -0.269 e. The highest BCUT2D eigenvalue weighted by Gasteiger charge is 2.17. The van der Waals surface area contributed by atoms with Crippen molar-refractivity contribution in [3.8, 4) is 0 Å². The number of thiophene rings is 1. The second kappa shape index (κ2) is 7.09. The lowest BCUT2D eigenvalue weighted by Crippen LogP contribution is -2.40. The minimum absolute atomic E-state index is 0.300. The third-order valence-electron chi connectivity index (χ3n) is 2.29. The molecule has 19 heavy (non-hydrogen) atoms. The van der Waals surface area contributed by atoms with Crippen LogP contribution in [0.25, 0.3) is 6.08 Å². The summed E-state index contributed by atoms with van der Waals surface area (Å²) in [6.45, 7) is 1.99. The summed E-state index contributed by atoms with van der Waals surface area (Å²) in [7, 11) is -2.33. The van der Waals surface area contributed by atoms with Crippen LogP contribution in [-0.4, -0.2) is 38.5 Å². The van der Waals surface area contributed by atoms with Crippen LogP contribution in [0.1, 0.15) is 11.8 Å². The number of amides is 1. The normalized spacial score (nSPS) is 12.2. The fourth-order valence-corrected chi connectivity index (χ4v) is 3.39. The Balaban J connectivity index is 2.65. The highest BCUT2D eigenvalue weighted by molar-refractivity contribution is 8.00. The van der Waals surface area contributed by atoms with Gasteiger partial charge in [-0.3, -0.25) is 4.79 Å². The van der Waals surface area contributed by atoms with Gasteiger partial charge in [-0.2, -0.15) is 12.7 Å². The predicted octanol–water partition coefficient (Wildman–Crippen LogP) is 1.80. The molecule has 0 aromatic carbocycles. The van der Waals surface area contributed by atoms with E-state index in [0.29, 0.717) is 6.54 Å². The van der Waals surface area contributed by atoms with Gasteiger partial charge in [-0.15, -0.1) is 23.1 Å². The maximum atomic E-state index is 11.6. The average Bonchev–Trinajstić information content (AvgIpc) is 2.82. The molecule has 0 radical (unpaired) electrons. The van der Waals surface area contributed by atoms with Crippen molar-refractivity contribution in [1.29, 1.82) is 0 Å². The molecule has 0 fully saturated rings. The molecule has 8 heteroatoms. The first-order valence-electron chi connectivity index (χ1n) is 5.49. The molecule has 0 bridgehead atoms. The molecule has 0 aliphatic carbocycles. The van der Waals surface area contributed by atoms with Crippen molar-refractivity contribution in [2.45, 2.75) is 11.1 Å². The van der Waals surface area contributed by atoms with E-state index in [0.717, 1.165) is 13.4 Å². The number of nitrogens with zero attached hydrogens (tertiary/aromatic N) is 1. The molecule has 0 aliphatic heterocycles. The molecule has 0 saturated heterocycles. The lowest BCUT2D eigenvalue weighted by atomic mass is 10.4. The van der Waals surface area contributed by atoms with E-state index in [-0.39, 0.29) is 0 Å². The van der Waals surface area contributed by atoms with Gasteiger partial charge in [0.2, 0.25) is 0 Å². The van der Waals surface area contributed by atoms with Gasteiger partial charge in [0.15, 0.2) is 0 Å². The summed E-state index contributed by atoms with van der Waals surface area (Å²) in [6, 6.07) is 3.83. The average molecular weight is 320 g/mol. The topological polar surface area (TPSA) is 66.5 Å². The fraction of sp³-hybridized carbons (Fsp3) is 0.364. The van der Waals surface area contributed by atoms with Gasteiger partial charge in [0.25, 0.3) is 5.91 Å². The van der Waals surface area contributed by atoms with E-state index in [9.17, 15) is 13.2 Å². The Kier molecular flexibility index (Phi) is 6.05. The SMILES string of the molecule is CCN(C)S(=O)(=O)NC(=O)/C=C/c1ccc(SC)s1. The van der Waals surface area contributed by atoms with Crippen LogP contribution in [0.2, 0.25) is 0 Å². The van der Waals surface area contributed by atoms with Gasteiger partial charge in [0.05, 0.1) is 4.21 Å². The number of thioether (sulfide) groups is 1. The zero-order valence-electron chi connectivity index (χ0n) is 10.9. The Morgan fingerprint density at radius 1 is 1.53 bits per heavy atom. The van der Waals surface area contributed by atoms with Crippen LogP contribution in [0, 0.1) is 0 Å². The minimum atomic E-state index is -3.73. The summed E-state index contributed by atoms with van der Waals surface area (Å²) in [6.07, 6.45) is 4.79. The van der Waals surface area contributed by atoms with Crippen LogP contribution in [0.3, 0.4) is 0 Å². The first-order valence-corrected chi connectivity index (χ1v) is 8.97. The maximum Gasteiger partial charge on any atom is 0.303 e.